The minimum Gasteiger partial charge on any atom is -0.375 e. The van der Waals surface area contributed by atoms with E-state index in [9.17, 15) is 9.59 Å². The van der Waals surface area contributed by atoms with Gasteiger partial charge in [-0.05, 0) is 29.1 Å². The Morgan fingerprint density at radius 1 is 0.969 bits per heavy atom. The van der Waals surface area contributed by atoms with Crippen LogP contribution in [0.3, 0.4) is 0 Å². The van der Waals surface area contributed by atoms with E-state index in [-0.39, 0.29) is 24.8 Å². The molecule has 4 aromatic rings. The lowest BCUT2D eigenvalue weighted by molar-refractivity contribution is -0.134. The third-order valence-electron chi connectivity index (χ3n) is 4.80. The van der Waals surface area contributed by atoms with Crippen LogP contribution in [0.4, 0.5) is 10.8 Å². The van der Waals surface area contributed by atoms with Crippen molar-refractivity contribution in [3.63, 3.8) is 0 Å². The predicted octanol–water partition coefficient (Wildman–Crippen LogP) is 4.66. The number of benzene rings is 2. The van der Waals surface area contributed by atoms with E-state index in [1.807, 2.05) is 77.5 Å². The zero-order valence-electron chi connectivity index (χ0n) is 17.2. The van der Waals surface area contributed by atoms with E-state index < -0.39 is 0 Å². The number of thiazole rings is 1. The SMILES string of the molecule is Nc1nc(-c2ccc(NC(=O)CN(Cc3ccccc3)C(=O)Cc3cccs3)cc2)cs1. The van der Waals surface area contributed by atoms with Crippen molar-refractivity contribution in [3.05, 3.63) is 87.9 Å². The highest BCUT2D eigenvalue weighted by atomic mass is 32.1. The smallest absolute Gasteiger partial charge is 0.244 e. The summed E-state index contributed by atoms with van der Waals surface area (Å²) in [4.78, 5) is 32.5. The molecule has 2 heterocycles. The number of carbonyl (C=O) groups is 2. The van der Waals surface area contributed by atoms with Crippen molar-refractivity contribution in [1.82, 2.24) is 9.88 Å². The van der Waals surface area contributed by atoms with Crippen LogP contribution in [-0.2, 0) is 22.6 Å². The predicted molar refractivity (Wildman–Crippen MR) is 130 cm³/mol. The summed E-state index contributed by atoms with van der Waals surface area (Å²) in [6.45, 7) is 0.353. The molecule has 4 rings (SSSR count). The van der Waals surface area contributed by atoms with Gasteiger partial charge in [0.25, 0.3) is 0 Å². The van der Waals surface area contributed by atoms with E-state index in [1.54, 1.807) is 4.90 Å². The fourth-order valence-electron chi connectivity index (χ4n) is 3.23. The number of anilines is 2. The van der Waals surface area contributed by atoms with Crippen LogP contribution in [0.15, 0.2) is 77.5 Å². The van der Waals surface area contributed by atoms with Gasteiger partial charge in [-0.15, -0.1) is 22.7 Å². The van der Waals surface area contributed by atoms with E-state index in [4.69, 9.17) is 5.73 Å². The van der Waals surface area contributed by atoms with Crippen molar-refractivity contribution in [1.29, 1.82) is 0 Å². The Labute approximate surface area is 194 Å². The van der Waals surface area contributed by atoms with E-state index in [2.05, 4.69) is 10.3 Å². The van der Waals surface area contributed by atoms with E-state index in [0.29, 0.717) is 17.4 Å². The molecular weight excluding hydrogens is 440 g/mol. The summed E-state index contributed by atoms with van der Waals surface area (Å²) in [6, 6.07) is 20.9. The van der Waals surface area contributed by atoms with Gasteiger partial charge in [0.1, 0.15) is 6.54 Å². The van der Waals surface area contributed by atoms with Gasteiger partial charge < -0.3 is 16.0 Å². The Morgan fingerprint density at radius 2 is 1.75 bits per heavy atom. The van der Waals surface area contributed by atoms with Crippen molar-refractivity contribution < 1.29 is 9.59 Å². The first-order chi connectivity index (χ1) is 15.6. The number of nitrogens with one attached hydrogen (secondary N) is 1. The number of carbonyl (C=O) groups excluding carboxylic acids is 2. The second-order valence-corrected chi connectivity index (χ2v) is 9.11. The largest absolute Gasteiger partial charge is 0.375 e. The van der Waals surface area contributed by atoms with Crippen LogP contribution in [0, 0.1) is 0 Å². The van der Waals surface area contributed by atoms with Crippen molar-refractivity contribution >= 4 is 45.3 Å². The highest BCUT2D eigenvalue weighted by molar-refractivity contribution is 7.13. The maximum absolute atomic E-state index is 12.9. The summed E-state index contributed by atoms with van der Waals surface area (Å²) < 4.78 is 0. The lowest BCUT2D eigenvalue weighted by Gasteiger charge is -2.22. The number of amides is 2. The van der Waals surface area contributed by atoms with Gasteiger partial charge in [-0.2, -0.15) is 0 Å². The van der Waals surface area contributed by atoms with Gasteiger partial charge in [0.15, 0.2) is 5.13 Å². The molecule has 0 unspecified atom stereocenters. The van der Waals surface area contributed by atoms with Crippen LogP contribution < -0.4 is 11.1 Å². The van der Waals surface area contributed by atoms with E-state index >= 15 is 0 Å². The third kappa shape index (κ3) is 5.81. The molecule has 3 N–H and O–H groups in total. The molecule has 32 heavy (non-hydrogen) atoms. The minimum absolute atomic E-state index is 0.0243. The zero-order valence-corrected chi connectivity index (χ0v) is 18.9. The molecule has 0 aliphatic rings. The van der Waals surface area contributed by atoms with Crippen molar-refractivity contribution in [2.24, 2.45) is 0 Å². The first kappa shape index (κ1) is 21.7. The van der Waals surface area contributed by atoms with Crippen LogP contribution in [0.5, 0.6) is 0 Å². The summed E-state index contributed by atoms with van der Waals surface area (Å²) in [5.74, 6) is -0.325. The molecule has 8 heteroatoms. The number of nitrogens with zero attached hydrogens (tertiary/aromatic N) is 2. The summed E-state index contributed by atoms with van der Waals surface area (Å²) >= 11 is 2.92. The molecule has 0 radical (unpaired) electrons. The van der Waals surface area contributed by atoms with Crippen LogP contribution in [0.2, 0.25) is 0 Å². The molecule has 2 amide bonds. The number of nitrogen functional groups attached to an aromatic ring is 1. The Morgan fingerprint density at radius 3 is 2.41 bits per heavy atom. The van der Waals surface area contributed by atoms with Gasteiger partial charge in [0, 0.05) is 28.1 Å². The highest BCUT2D eigenvalue weighted by Crippen LogP contribution is 2.24. The van der Waals surface area contributed by atoms with Gasteiger partial charge >= 0.3 is 0 Å². The van der Waals surface area contributed by atoms with Crippen molar-refractivity contribution in [2.75, 3.05) is 17.6 Å². The van der Waals surface area contributed by atoms with E-state index in [0.717, 1.165) is 21.7 Å². The lowest BCUT2D eigenvalue weighted by Crippen LogP contribution is -2.38. The molecule has 2 aromatic heterocycles. The average Bonchev–Trinajstić information content (AvgIpc) is 3.46. The number of nitrogens with two attached hydrogens (primary N) is 1. The number of hydrogen-bond acceptors (Lipinski definition) is 6. The Bertz CT molecular complexity index is 1170. The molecule has 162 valence electrons. The van der Waals surface area contributed by atoms with Crippen molar-refractivity contribution in [2.45, 2.75) is 13.0 Å². The maximum Gasteiger partial charge on any atom is 0.244 e. The summed E-state index contributed by atoms with van der Waals surface area (Å²) in [5.41, 5.74) is 9.07. The molecule has 0 saturated carbocycles. The quantitative estimate of drug-likeness (QED) is 0.398. The highest BCUT2D eigenvalue weighted by Gasteiger charge is 2.19. The lowest BCUT2D eigenvalue weighted by atomic mass is 10.1. The Kier molecular flexibility index (Phi) is 6.94. The average molecular weight is 463 g/mol. The van der Waals surface area contributed by atoms with Gasteiger partial charge in [0.05, 0.1) is 12.1 Å². The van der Waals surface area contributed by atoms with Gasteiger partial charge in [0.2, 0.25) is 11.8 Å². The van der Waals surface area contributed by atoms with Crippen molar-refractivity contribution in [3.8, 4) is 11.3 Å². The number of thiophene rings is 1. The second kappa shape index (κ2) is 10.2. The summed E-state index contributed by atoms with van der Waals surface area (Å²) in [6.07, 6.45) is 0.281. The molecule has 2 aromatic carbocycles. The van der Waals surface area contributed by atoms with Crippen LogP contribution >= 0.6 is 22.7 Å². The fraction of sp³-hybridized carbons (Fsp3) is 0.125. The molecule has 0 saturated heterocycles. The summed E-state index contributed by atoms with van der Waals surface area (Å²) in [7, 11) is 0. The number of hydrogen-bond donors (Lipinski definition) is 2. The summed E-state index contributed by atoms with van der Waals surface area (Å²) in [5, 5.41) is 7.24. The molecule has 0 aliphatic heterocycles. The van der Waals surface area contributed by atoms with Gasteiger partial charge in [-0.25, -0.2) is 4.98 Å². The normalized spacial score (nSPS) is 10.6. The molecule has 6 nitrogen and oxygen atoms in total. The zero-order chi connectivity index (χ0) is 22.3. The molecule has 0 atom stereocenters. The van der Waals surface area contributed by atoms with E-state index in [1.165, 1.54) is 22.7 Å². The molecule has 0 aliphatic carbocycles. The van der Waals surface area contributed by atoms with Crippen LogP contribution in [0.1, 0.15) is 10.4 Å². The molecule has 0 spiro atoms. The fourth-order valence-corrected chi connectivity index (χ4v) is 4.50. The minimum atomic E-state index is -0.244. The monoisotopic (exact) mass is 462 g/mol. The third-order valence-corrected chi connectivity index (χ3v) is 6.35. The topological polar surface area (TPSA) is 88.3 Å². The Balaban J connectivity index is 1.42. The Hall–Kier alpha value is -3.49. The first-order valence-corrected chi connectivity index (χ1v) is 11.8. The molecule has 0 bridgehead atoms. The number of rotatable bonds is 8. The van der Waals surface area contributed by atoms with Gasteiger partial charge in [-0.1, -0.05) is 48.5 Å². The number of aromatic nitrogens is 1. The van der Waals surface area contributed by atoms with Gasteiger partial charge in [-0.3, -0.25) is 9.59 Å². The van der Waals surface area contributed by atoms with Crippen LogP contribution in [-0.4, -0.2) is 28.2 Å². The molecular formula is C24H22N4O2S2. The molecule has 0 fully saturated rings. The standard InChI is InChI=1S/C24H22N4O2S2/c25-24-27-21(16-32-24)18-8-10-19(11-9-18)26-22(29)15-28(14-17-5-2-1-3-6-17)23(30)13-20-7-4-12-31-20/h1-12,16H,13-15H2,(H2,25,27)(H,26,29). The second-order valence-electron chi connectivity index (χ2n) is 7.19. The first-order valence-electron chi connectivity index (χ1n) is 10.0. The maximum atomic E-state index is 12.9. The van der Waals surface area contributed by atoms with Crippen LogP contribution in [0.25, 0.3) is 11.3 Å².